The zero-order valence-electron chi connectivity index (χ0n) is 14.4. The topological polar surface area (TPSA) is 122 Å². The van der Waals surface area contributed by atoms with E-state index < -0.39 is 11.9 Å². The predicted molar refractivity (Wildman–Crippen MR) is 100 cm³/mol. The lowest BCUT2D eigenvalue weighted by molar-refractivity contribution is -0.134. The van der Waals surface area contributed by atoms with E-state index in [0.717, 1.165) is 22.3 Å². The van der Waals surface area contributed by atoms with Crippen molar-refractivity contribution in [2.24, 2.45) is 0 Å². The van der Waals surface area contributed by atoms with Crippen LogP contribution in [0.2, 0.25) is 0 Å². The van der Waals surface area contributed by atoms with Gasteiger partial charge >= 0.3 is 11.9 Å². The first-order valence-electron chi connectivity index (χ1n) is 7.80. The van der Waals surface area contributed by atoms with Gasteiger partial charge in [0.25, 0.3) is 0 Å². The molecule has 27 heavy (non-hydrogen) atoms. The van der Waals surface area contributed by atoms with Crippen molar-refractivity contribution in [3.05, 3.63) is 67.1 Å². The van der Waals surface area contributed by atoms with Gasteiger partial charge in [-0.05, 0) is 18.2 Å². The lowest BCUT2D eigenvalue weighted by Gasteiger charge is -2.03. The lowest BCUT2D eigenvalue weighted by atomic mass is 10.2. The Hall–Kier alpha value is -3.94. The number of hydrogen-bond acceptors (Lipinski definition) is 5. The minimum atomic E-state index is -1.26. The van der Waals surface area contributed by atoms with Crippen LogP contribution in [0.4, 0.5) is 11.4 Å². The summed E-state index contributed by atoms with van der Waals surface area (Å²) in [6.45, 7) is 1.56. The van der Waals surface area contributed by atoms with Crippen molar-refractivity contribution in [2.45, 2.75) is 6.92 Å². The van der Waals surface area contributed by atoms with Gasteiger partial charge in [0.2, 0.25) is 5.91 Å². The molecule has 8 nitrogen and oxygen atoms in total. The Morgan fingerprint density at radius 2 is 1.59 bits per heavy atom. The second kappa shape index (κ2) is 8.95. The molecule has 0 atom stereocenters. The number of para-hydroxylation sites is 1. The molecule has 3 aromatic rings. The lowest BCUT2D eigenvalue weighted by Crippen LogP contribution is -2.02. The number of carboxylic acids is 2. The molecule has 0 saturated heterocycles. The van der Waals surface area contributed by atoms with E-state index in [0.29, 0.717) is 12.2 Å². The number of aliphatic carboxylic acids is 2. The van der Waals surface area contributed by atoms with Crippen LogP contribution >= 0.6 is 0 Å². The van der Waals surface area contributed by atoms with E-state index in [1.54, 1.807) is 23.9 Å². The maximum absolute atomic E-state index is 11.7. The van der Waals surface area contributed by atoms with E-state index in [9.17, 15) is 14.4 Å². The fourth-order valence-electron chi connectivity index (χ4n) is 2.27. The summed E-state index contributed by atoms with van der Waals surface area (Å²) in [5, 5.41) is 20.0. The highest BCUT2D eigenvalue weighted by Gasteiger charge is 2.10. The van der Waals surface area contributed by atoms with Crippen molar-refractivity contribution in [2.75, 3.05) is 5.32 Å². The molecule has 8 heteroatoms. The molecule has 0 fully saturated rings. The first-order valence-corrected chi connectivity index (χ1v) is 7.80. The van der Waals surface area contributed by atoms with Gasteiger partial charge in [-0.25, -0.2) is 9.59 Å². The first kappa shape index (κ1) is 19.4. The van der Waals surface area contributed by atoms with Crippen LogP contribution in [-0.2, 0) is 9.59 Å². The summed E-state index contributed by atoms with van der Waals surface area (Å²) in [7, 11) is 0. The highest BCUT2D eigenvalue weighted by Crippen LogP contribution is 2.28. The summed E-state index contributed by atoms with van der Waals surface area (Å²) in [5.74, 6) is -2.52. The molecule has 0 unspecified atom stereocenters. The Bertz CT molecular complexity index is 977. The summed E-state index contributed by atoms with van der Waals surface area (Å²) >= 11 is 0. The molecule has 3 rings (SSSR count). The van der Waals surface area contributed by atoms with Gasteiger partial charge in [0.15, 0.2) is 0 Å². The maximum atomic E-state index is 11.7. The standard InChI is InChI=1S/C15H13N3O.C4H4O4/c1-11(19)18-10-14(13-4-2-3-5-15(13)18)17-12-6-8-16-9-7-12;5-3(6)1-2-4(7)8/h2-10H,1H3,(H,16,17);1-2H,(H,5,6)(H,7,8)/b;2-1-. The van der Waals surface area contributed by atoms with Gasteiger partial charge in [0, 0.05) is 48.7 Å². The van der Waals surface area contributed by atoms with Crippen LogP contribution in [0.25, 0.3) is 10.9 Å². The average Bonchev–Trinajstić information content (AvgIpc) is 3.00. The predicted octanol–water partition coefficient (Wildman–Crippen LogP) is 3.15. The quantitative estimate of drug-likeness (QED) is 0.606. The highest BCUT2D eigenvalue weighted by molar-refractivity contribution is 6.00. The minimum Gasteiger partial charge on any atom is -0.478 e. The normalized spacial score (nSPS) is 10.3. The molecular weight excluding hydrogens is 350 g/mol. The van der Waals surface area contributed by atoms with Crippen LogP contribution in [0.1, 0.15) is 11.7 Å². The van der Waals surface area contributed by atoms with Gasteiger partial charge in [-0.1, -0.05) is 18.2 Å². The molecule has 0 aliphatic rings. The maximum Gasteiger partial charge on any atom is 0.328 e. The van der Waals surface area contributed by atoms with E-state index in [4.69, 9.17) is 10.2 Å². The van der Waals surface area contributed by atoms with Gasteiger partial charge in [-0.2, -0.15) is 0 Å². The smallest absolute Gasteiger partial charge is 0.328 e. The molecule has 0 amide bonds. The molecule has 0 bridgehead atoms. The number of anilines is 2. The summed E-state index contributed by atoms with van der Waals surface area (Å²) in [6, 6.07) is 11.6. The largest absolute Gasteiger partial charge is 0.478 e. The number of carboxylic acid groups (broad SMARTS) is 2. The van der Waals surface area contributed by atoms with Gasteiger partial charge in [0.1, 0.15) is 0 Å². The molecule has 0 aliphatic heterocycles. The van der Waals surface area contributed by atoms with E-state index in [1.807, 2.05) is 42.6 Å². The van der Waals surface area contributed by atoms with Crippen molar-refractivity contribution in [3.8, 4) is 0 Å². The number of carbonyl (C=O) groups is 3. The SMILES string of the molecule is CC(=O)n1cc(Nc2ccncc2)c2ccccc21.O=C(O)/C=C\C(=O)O. The number of aromatic nitrogens is 2. The second-order valence-electron chi connectivity index (χ2n) is 5.32. The number of nitrogens with zero attached hydrogens (tertiary/aromatic N) is 2. The number of pyridine rings is 1. The molecule has 0 saturated carbocycles. The third-order valence-electron chi connectivity index (χ3n) is 3.38. The minimum absolute atomic E-state index is 0.000946. The van der Waals surface area contributed by atoms with Crippen LogP contribution in [0.15, 0.2) is 67.1 Å². The van der Waals surface area contributed by atoms with Crippen LogP contribution in [0, 0.1) is 0 Å². The Balaban J connectivity index is 0.000000279. The molecule has 0 radical (unpaired) electrons. The van der Waals surface area contributed by atoms with Gasteiger partial charge in [-0.3, -0.25) is 14.3 Å². The van der Waals surface area contributed by atoms with Crippen LogP contribution in [-0.4, -0.2) is 37.6 Å². The van der Waals surface area contributed by atoms with Crippen molar-refractivity contribution in [1.29, 1.82) is 0 Å². The summed E-state index contributed by atoms with van der Waals surface area (Å²) < 4.78 is 1.65. The molecule has 0 aliphatic carbocycles. The average molecular weight is 367 g/mol. The van der Waals surface area contributed by atoms with E-state index in [-0.39, 0.29) is 5.91 Å². The fourth-order valence-corrected chi connectivity index (χ4v) is 2.27. The van der Waals surface area contributed by atoms with E-state index in [1.165, 1.54) is 0 Å². The monoisotopic (exact) mass is 367 g/mol. The van der Waals surface area contributed by atoms with Gasteiger partial charge in [-0.15, -0.1) is 0 Å². The summed E-state index contributed by atoms with van der Waals surface area (Å²) in [5.41, 5.74) is 2.77. The molecule has 3 N–H and O–H groups in total. The van der Waals surface area contributed by atoms with Crippen molar-refractivity contribution >= 4 is 40.1 Å². The number of fused-ring (bicyclic) bond motifs is 1. The van der Waals surface area contributed by atoms with Crippen LogP contribution in [0.5, 0.6) is 0 Å². The molecule has 0 spiro atoms. The Labute approximate surface area is 154 Å². The Morgan fingerprint density at radius 3 is 2.15 bits per heavy atom. The fraction of sp³-hybridized carbons (Fsp3) is 0.0526. The van der Waals surface area contributed by atoms with Gasteiger partial charge in [0.05, 0.1) is 11.2 Å². The number of hydrogen-bond donors (Lipinski definition) is 3. The van der Waals surface area contributed by atoms with Crippen LogP contribution < -0.4 is 5.32 Å². The molecule has 138 valence electrons. The van der Waals surface area contributed by atoms with Crippen molar-refractivity contribution in [3.63, 3.8) is 0 Å². The Kier molecular flexibility index (Phi) is 6.43. The first-order chi connectivity index (χ1) is 12.9. The van der Waals surface area contributed by atoms with Gasteiger partial charge < -0.3 is 15.5 Å². The highest BCUT2D eigenvalue weighted by atomic mass is 16.4. The summed E-state index contributed by atoms with van der Waals surface area (Å²) in [6.07, 6.45) is 6.40. The number of carbonyl (C=O) groups excluding carboxylic acids is 1. The molecule has 1 aromatic carbocycles. The molecule has 2 heterocycles. The zero-order chi connectivity index (χ0) is 19.8. The number of nitrogens with one attached hydrogen (secondary N) is 1. The van der Waals surface area contributed by atoms with E-state index in [2.05, 4.69) is 10.3 Å². The van der Waals surface area contributed by atoms with Crippen molar-refractivity contribution in [1.82, 2.24) is 9.55 Å². The molecule has 2 aromatic heterocycles. The third kappa shape index (κ3) is 5.53. The zero-order valence-corrected chi connectivity index (χ0v) is 14.4. The van der Waals surface area contributed by atoms with Crippen LogP contribution in [0.3, 0.4) is 0 Å². The number of benzene rings is 1. The number of rotatable bonds is 4. The third-order valence-corrected chi connectivity index (χ3v) is 3.38. The Morgan fingerprint density at radius 1 is 1.00 bits per heavy atom. The molecular formula is C19H17N3O5. The van der Waals surface area contributed by atoms with E-state index >= 15 is 0 Å². The van der Waals surface area contributed by atoms with Crippen molar-refractivity contribution < 1.29 is 24.6 Å². The summed E-state index contributed by atoms with van der Waals surface area (Å²) in [4.78, 5) is 34.7. The second-order valence-corrected chi connectivity index (χ2v) is 5.32.